The van der Waals surface area contributed by atoms with E-state index in [2.05, 4.69) is 30.2 Å². The molecule has 0 aromatic heterocycles. The van der Waals surface area contributed by atoms with Gasteiger partial charge < -0.3 is 9.64 Å². The number of ether oxygens (including phenoxy) is 1. The summed E-state index contributed by atoms with van der Waals surface area (Å²) in [5.41, 5.74) is 1.74. The van der Waals surface area contributed by atoms with E-state index >= 15 is 0 Å². The number of rotatable bonds is 3. The van der Waals surface area contributed by atoms with Crippen LogP contribution in [0.25, 0.3) is 0 Å². The SMILES string of the molecule is C=C1CCC[C@]2(C)C[C@H]3OC(=O)[C@@H](CN4CCN(CC)CC4)[C@H]3C[C@H]12. The summed E-state index contributed by atoms with van der Waals surface area (Å²) in [5, 5.41) is 0. The zero-order chi connectivity index (χ0) is 17.6. The van der Waals surface area contributed by atoms with Crippen LogP contribution in [0.2, 0.25) is 0 Å². The molecule has 2 aliphatic carbocycles. The third-order valence-corrected chi connectivity index (χ3v) is 7.69. The van der Waals surface area contributed by atoms with Gasteiger partial charge in [0.1, 0.15) is 6.10 Å². The highest BCUT2D eigenvalue weighted by Crippen LogP contribution is 2.56. The molecule has 2 aliphatic heterocycles. The van der Waals surface area contributed by atoms with Crippen molar-refractivity contribution in [3.8, 4) is 0 Å². The van der Waals surface area contributed by atoms with Gasteiger partial charge in [-0.1, -0.05) is 26.0 Å². The van der Waals surface area contributed by atoms with Crippen molar-refractivity contribution in [3.63, 3.8) is 0 Å². The molecular weight excluding hydrogens is 312 g/mol. The lowest BCUT2D eigenvalue weighted by Gasteiger charge is -2.50. The molecule has 140 valence electrons. The Morgan fingerprint density at radius 2 is 1.96 bits per heavy atom. The van der Waals surface area contributed by atoms with E-state index in [0.29, 0.717) is 17.3 Å². The summed E-state index contributed by atoms with van der Waals surface area (Å²) >= 11 is 0. The molecule has 0 spiro atoms. The van der Waals surface area contributed by atoms with Crippen molar-refractivity contribution in [2.45, 2.75) is 52.1 Å². The average molecular weight is 347 g/mol. The van der Waals surface area contributed by atoms with Crippen LogP contribution in [0.5, 0.6) is 0 Å². The fourth-order valence-electron chi connectivity index (χ4n) is 6.03. The van der Waals surface area contributed by atoms with Crippen molar-refractivity contribution in [2.24, 2.45) is 23.2 Å². The summed E-state index contributed by atoms with van der Waals surface area (Å²) in [6.45, 7) is 15.5. The predicted octanol–water partition coefficient (Wildman–Crippen LogP) is 2.94. The Balaban J connectivity index is 1.44. The van der Waals surface area contributed by atoms with Crippen molar-refractivity contribution >= 4 is 5.97 Å². The van der Waals surface area contributed by atoms with Crippen molar-refractivity contribution < 1.29 is 9.53 Å². The van der Waals surface area contributed by atoms with Gasteiger partial charge in [0, 0.05) is 38.6 Å². The molecule has 5 atom stereocenters. The van der Waals surface area contributed by atoms with Crippen molar-refractivity contribution in [2.75, 3.05) is 39.3 Å². The summed E-state index contributed by atoms with van der Waals surface area (Å²) in [6, 6.07) is 0. The van der Waals surface area contributed by atoms with Gasteiger partial charge in [-0.3, -0.25) is 9.69 Å². The van der Waals surface area contributed by atoms with Gasteiger partial charge in [0.05, 0.1) is 5.92 Å². The van der Waals surface area contributed by atoms with Crippen LogP contribution >= 0.6 is 0 Å². The van der Waals surface area contributed by atoms with E-state index < -0.39 is 0 Å². The first-order valence-electron chi connectivity index (χ1n) is 10.3. The highest BCUT2D eigenvalue weighted by atomic mass is 16.6. The number of piperazine rings is 1. The molecular formula is C21H34N2O2. The van der Waals surface area contributed by atoms with Gasteiger partial charge in [-0.05, 0) is 50.0 Å². The van der Waals surface area contributed by atoms with E-state index in [0.717, 1.165) is 52.1 Å². The second kappa shape index (κ2) is 6.70. The number of carbonyl (C=O) groups is 1. The van der Waals surface area contributed by atoms with Crippen molar-refractivity contribution in [1.82, 2.24) is 9.80 Å². The molecule has 0 aromatic rings. The Labute approximate surface area is 152 Å². The minimum absolute atomic E-state index is 0.0702. The number of esters is 1. The van der Waals surface area contributed by atoms with E-state index in [1.165, 1.54) is 24.8 Å². The highest BCUT2D eigenvalue weighted by molar-refractivity contribution is 5.75. The van der Waals surface area contributed by atoms with Gasteiger partial charge in [-0.15, -0.1) is 0 Å². The van der Waals surface area contributed by atoms with Crippen molar-refractivity contribution in [3.05, 3.63) is 12.2 Å². The Morgan fingerprint density at radius 3 is 2.68 bits per heavy atom. The van der Waals surface area contributed by atoms with Crippen LogP contribution < -0.4 is 0 Å². The monoisotopic (exact) mass is 346 g/mol. The van der Waals surface area contributed by atoms with Crippen LogP contribution in [0.1, 0.15) is 46.0 Å². The zero-order valence-corrected chi connectivity index (χ0v) is 16.0. The molecule has 4 rings (SSSR count). The summed E-state index contributed by atoms with van der Waals surface area (Å²) in [6.07, 6.45) is 6.01. The Bertz CT molecular complexity index is 540. The number of likely N-dealkylation sites (N-methyl/N-ethyl adjacent to an activating group) is 1. The second-order valence-corrected chi connectivity index (χ2v) is 9.14. The van der Waals surface area contributed by atoms with Gasteiger partial charge in [0.25, 0.3) is 0 Å². The minimum atomic E-state index is 0.0702. The lowest BCUT2D eigenvalue weighted by molar-refractivity contribution is -0.146. The fourth-order valence-corrected chi connectivity index (χ4v) is 6.03. The largest absolute Gasteiger partial charge is 0.462 e. The molecule has 0 aromatic carbocycles. The third kappa shape index (κ3) is 3.16. The maximum Gasteiger partial charge on any atom is 0.310 e. The lowest BCUT2D eigenvalue weighted by Crippen LogP contribution is -2.49. The van der Waals surface area contributed by atoms with Crippen LogP contribution in [0.4, 0.5) is 0 Å². The molecule has 0 radical (unpaired) electrons. The van der Waals surface area contributed by atoms with Crippen molar-refractivity contribution in [1.29, 1.82) is 0 Å². The fraction of sp³-hybridized carbons (Fsp3) is 0.857. The van der Waals surface area contributed by atoms with Gasteiger partial charge >= 0.3 is 5.97 Å². The molecule has 0 amide bonds. The smallest absolute Gasteiger partial charge is 0.310 e. The highest BCUT2D eigenvalue weighted by Gasteiger charge is 2.55. The Hall–Kier alpha value is -0.870. The number of hydrogen-bond donors (Lipinski definition) is 0. The Morgan fingerprint density at radius 1 is 1.24 bits per heavy atom. The van der Waals surface area contributed by atoms with Crippen LogP contribution in [0, 0.1) is 23.2 Å². The van der Waals surface area contributed by atoms with E-state index in [4.69, 9.17) is 4.74 Å². The molecule has 2 saturated carbocycles. The van der Waals surface area contributed by atoms with E-state index in [1.54, 1.807) is 0 Å². The first kappa shape index (κ1) is 17.5. The molecule has 4 fully saturated rings. The average Bonchev–Trinajstić information content (AvgIpc) is 2.88. The van der Waals surface area contributed by atoms with Crippen LogP contribution in [-0.4, -0.2) is 61.1 Å². The topological polar surface area (TPSA) is 32.8 Å². The second-order valence-electron chi connectivity index (χ2n) is 9.14. The number of allylic oxidation sites excluding steroid dienone is 1. The van der Waals surface area contributed by atoms with E-state index in [-0.39, 0.29) is 18.0 Å². The first-order valence-corrected chi connectivity index (χ1v) is 10.3. The van der Waals surface area contributed by atoms with Crippen LogP contribution in [-0.2, 0) is 9.53 Å². The molecule has 0 unspecified atom stereocenters. The lowest BCUT2D eigenvalue weighted by atomic mass is 9.55. The van der Waals surface area contributed by atoms with Gasteiger partial charge in [-0.2, -0.15) is 0 Å². The van der Waals surface area contributed by atoms with E-state index in [9.17, 15) is 4.79 Å². The molecule has 2 heterocycles. The molecule has 4 heteroatoms. The van der Waals surface area contributed by atoms with Crippen LogP contribution in [0.3, 0.4) is 0 Å². The predicted molar refractivity (Wildman–Crippen MR) is 99.2 cm³/mol. The number of carbonyl (C=O) groups excluding carboxylic acids is 1. The molecule has 25 heavy (non-hydrogen) atoms. The standard InChI is InChI=1S/C21H34N2O2/c1-4-22-8-10-23(11-9-22)14-17-16-12-18-15(2)6-5-7-21(18,3)13-19(16)25-20(17)24/h16-19H,2,4-14H2,1,3H3/t16-,17+,18-,19-,21-/m1/s1. The quantitative estimate of drug-likeness (QED) is 0.581. The summed E-state index contributed by atoms with van der Waals surface area (Å²) < 4.78 is 5.91. The van der Waals surface area contributed by atoms with Gasteiger partial charge in [-0.25, -0.2) is 0 Å². The maximum absolute atomic E-state index is 12.6. The number of nitrogens with zero attached hydrogens (tertiary/aromatic N) is 2. The van der Waals surface area contributed by atoms with Gasteiger partial charge in [0.2, 0.25) is 0 Å². The first-order chi connectivity index (χ1) is 12.0. The van der Waals surface area contributed by atoms with Gasteiger partial charge in [0.15, 0.2) is 0 Å². The van der Waals surface area contributed by atoms with E-state index in [1.807, 2.05) is 0 Å². The number of hydrogen-bond acceptors (Lipinski definition) is 4. The normalized spacial score (nSPS) is 42.8. The Kier molecular flexibility index (Phi) is 4.70. The van der Waals surface area contributed by atoms with Crippen LogP contribution in [0.15, 0.2) is 12.2 Å². The molecule has 4 nitrogen and oxygen atoms in total. The summed E-state index contributed by atoms with van der Waals surface area (Å²) in [5.74, 6) is 1.15. The summed E-state index contributed by atoms with van der Waals surface area (Å²) in [7, 11) is 0. The molecule has 0 bridgehead atoms. The zero-order valence-electron chi connectivity index (χ0n) is 16.0. The molecule has 2 saturated heterocycles. The minimum Gasteiger partial charge on any atom is -0.462 e. The third-order valence-electron chi connectivity index (χ3n) is 7.69. The maximum atomic E-state index is 12.6. The molecule has 0 N–H and O–H groups in total. The molecule has 4 aliphatic rings. The number of fused-ring (bicyclic) bond motifs is 2. The summed E-state index contributed by atoms with van der Waals surface area (Å²) in [4.78, 5) is 17.6.